The number of aromatic nitrogens is 1. The molecule has 0 radical (unpaired) electrons. The van der Waals surface area contributed by atoms with Crippen molar-refractivity contribution in [2.75, 3.05) is 0 Å². The van der Waals surface area contributed by atoms with Crippen molar-refractivity contribution in [3.63, 3.8) is 0 Å². The lowest BCUT2D eigenvalue weighted by Crippen LogP contribution is -2.11. The van der Waals surface area contributed by atoms with E-state index in [0.29, 0.717) is 12.1 Å². The van der Waals surface area contributed by atoms with Crippen molar-refractivity contribution < 1.29 is 9.90 Å². The summed E-state index contributed by atoms with van der Waals surface area (Å²) in [4.78, 5) is 12.0. The van der Waals surface area contributed by atoms with Crippen molar-refractivity contribution >= 4 is 27.7 Å². The Labute approximate surface area is 157 Å². The molecule has 1 amide bonds. The smallest absolute Gasteiger partial charge is 0.249 e. The Hall–Kier alpha value is -3.11. The van der Waals surface area contributed by atoms with Gasteiger partial charge in [0.2, 0.25) is 5.91 Å². The minimum atomic E-state index is -0.433. The number of rotatable bonds is 4. The molecule has 0 aliphatic rings. The molecule has 4 heteroatoms. The second-order valence-electron chi connectivity index (χ2n) is 7.09. The standard InChI is InChI=1S/C23H22N2O2/c1-14-6-8-17(15(2)10-14)12-25-20-5-3-4-19(23(24)27)22(20)18-9-7-16(13-26)11-21(18)25/h3-11,26H,12-13H2,1-2H3,(H2,24,27). The van der Waals surface area contributed by atoms with Gasteiger partial charge in [-0.25, -0.2) is 0 Å². The van der Waals surface area contributed by atoms with E-state index >= 15 is 0 Å². The number of fused-ring (bicyclic) bond motifs is 3. The van der Waals surface area contributed by atoms with E-state index in [2.05, 4.69) is 36.6 Å². The number of nitrogens with zero attached hydrogens (tertiary/aromatic N) is 1. The van der Waals surface area contributed by atoms with E-state index in [1.54, 1.807) is 6.07 Å². The van der Waals surface area contributed by atoms with Gasteiger partial charge in [0.25, 0.3) is 0 Å². The topological polar surface area (TPSA) is 68.2 Å². The van der Waals surface area contributed by atoms with E-state index in [-0.39, 0.29) is 6.61 Å². The summed E-state index contributed by atoms with van der Waals surface area (Å²) < 4.78 is 2.20. The highest BCUT2D eigenvalue weighted by atomic mass is 16.3. The van der Waals surface area contributed by atoms with Gasteiger partial charge in [-0.05, 0) is 48.7 Å². The van der Waals surface area contributed by atoms with E-state index in [0.717, 1.165) is 27.4 Å². The quantitative estimate of drug-likeness (QED) is 0.578. The second-order valence-corrected chi connectivity index (χ2v) is 7.09. The molecule has 0 spiro atoms. The molecule has 27 heavy (non-hydrogen) atoms. The van der Waals surface area contributed by atoms with E-state index < -0.39 is 5.91 Å². The molecule has 3 N–H and O–H groups in total. The fraction of sp³-hybridized carbons (Fsp3) is 0.174. The summed E-state index contributed by atoms with van der Waals surface area (Å²) in [6, 6.07) is 17.9. The molecular weight excluding hydrogens is 336 g/mol. The third-order valence-corrected chi connectivity index (χ3v) is 5.23. The first-order chi connectivity index (χ1) is 13.0. The molecule has 136 valence electrons. The molecule has 4 rings (SSSR count). The minimum absolute atomic E-state index is 0.0241. The second kappa shape index (κ2) is 6.56. The van der Waals surface area contributed by atoms with Gasteiger partial charge in [0.05, 0.1) is 12.1 Å². The van der Waals surface area contributed by atoms with Crippen LogP contribution in [0.3, 0.4) is 0 Å². The summed E-state index contributed by atoms with van der Waals surface area (Å²) in [5.41, 5.74) is 12.6. The third-order valence-electron chi connectivity index (χ3n) is 5.23. The number of aliphatic hydroxyl groups is 1. The Morgan fingerprint density at radius 3 is 2.56 bits per heavy atom. The summed E-state index contributed by atoms with van der Waals surface area (Å²) in [7, 11) is 0. The van der Waals surface area contributed by atoms with Crippen molar-refractivity contribution in [1.29, 1.82) is 0 Å². The van der Waals surface area contributed by atoms with E-state index in [4.69, 9.17) is 5.73 Å². The number of carbonyl (C=O) groups excluding carboxylic acids is 1. The number of nitrogens with two attached hydrogens (primary N) is 1. The van der Waals surface area contributed by atoms with Gasteiger partial charge in [-0.15, -0.1) is 0 Å². The lowest BCUT2D eigenvalue weighted by atomic mass is 10.0. The van der Waals surface area contributed by atoms with Crippen molar-refractivity contribution in [1.82, 2.24) is 4.57 Å². The molecule has 0 saturated heterocycles. The molecular formula is C23H22N2O2. The SMILES string of the molecule is Cc1ccc(Cn2c3cc(CO)ccc3c3c(C(N)=O)cccc32)c(C)c1. The van der Waals surface area contributed by atoms with Gasteiger partial charge >= 0.3 is 0 Å². The minimum Gasteiger partial charge on any atom is -0.392 e. The summed E-state index contributed by atoms with van der Waals surface area (Å²) in [6.45, 7) is 4.86. The maximum Gasteiger partial charge on any atom is 0.249 e. The van der Waals surface area contributed by atoms with E-state index in [9.17, 15) is 9.90 Å². The first-order valence-corrected chi connectivity index (χ1v) is 9.00. The van der Waals surface area contributed by atoms with Crippen molar-refractivity contribution in [2.24, 2.45) is 5.73 Å². The number of benzene rings is 3. The normalized spacial score (nSPS) is 11.4. The number of amides is 1. The van der Waals surface area contributed by atoms with Crippen LogP contribution < -0.4 is 5.73 Å². The molecule has 0 aliphatic heterocycles. The Kier molecular flexibility index (Phi) is 4.21. The summed E-state index contributed by atoms with van der Waals surface area (Å²) in [5.74, 6) is -0.433. The average molecular weight is 358 g/mol. The number of aliphatic hydroxyl groups excluding tert-OH is 1. The lowest BCUT2D eigenvalue weighted by Gasteiger charge is -2.12. The van der Waals surface area contributed by atoms with Crippen LogP contribution in [-0.4, -0.2) is 15.6 Å². The fourth-order valence-electron chi connectivity index (χ4n) is 3.86. The van der Waals surface area contributed by atoms with Crippen LogP contribution in [0.1, 0.15) is 32.6 Å². The van der Waals surface area contributed by atoms with E-state index in [1.165, 1.54) is 16.7 Å². The number of aryl methyl sites for hydroxylation is 2. The largest absolute Gasteiger partial charge is 0.392 e. The predicted octanol–water partition coefficient (Wildman–Crippen LogP) is 4.05. The van der Waals surface area contributed by atoms with Crippen molar-refractivity contribution in [3.8, 4) is 0 Å². The molecule has 4 aromatic rings. The summed E-state index contributed by atoms with van der Waals surface area (Å²) >= 11 is 0. The van der Waals surface area contributed by atoms with Gasteiger partial charge in [0.1, 0.15) is 0 Å². The molecule has 0 aliphatic carbocycles. The van der Waals surface area contributed by atoms with E-state index in [1.807, 2.05) is 30.3 Å². The first kappa shape index (κ1) is 17.3. The molecule has 4 nitrogen and oxygen atoms in total. The van der Waals surface area contributed by atoms with Gasteiger partial charge in [0.15, 0.2) is 0 Å². The number of primary amides is 1. The highest BCUT2D eigenvalue weighted by Crippen LogP contribution is 2.33. The van der Waals surface area contributed by atoms with Crippen LogP contribution in [0, 0.1) is 13.8 Å². The number of hydrogen-bond acceptors (Lipinski definition) is 2. The zero-order chi connectivity index (χ0) is 19.1. The lowest BCUT2D eigenvalue weighted by molar-refractivity contribution is 0.100. The molecule has 0 fully saturated rings. The molecule has 1 aromatic heterocycles. The van der Waals surface area contributed by atoms with Crippen molar-refractivity contribution in [2.45, 2.75) is 27.0 Å². The molecule has 0 unspecified atom stereocenters. The molecule has 1 heterocycles. The monoisotopic (exact) mass is 358 g/mol. The van der Waals surface area contributed by atoms with Gasteiger partial charge < -0.3 is 15.4 Å². The maximum absolute atomic E-state index is 12.0. The Bertz CT molecular complexity index is 1190. The van der Waals surface area contributed by atoms with Gasteiger partial charge in [-0.1, -0.05) is 42.0 Å². The van der Waals surface area contributed by atoms with Crippen LogP contribution in [0.2, 0.25) is 0 Å². The summed E-state index contributed by atoms with van der Waals surface area (Å²) in [6.07, 6.45) is 0. The highest BCUT2D eigenvalue weighted by molar-refractivity contribution is 6.17. The zero-order valence-corrected chi connectivity index (χ0v) is 15.5. The Balaban J connectivity index is 2.04. The molecule has 3 aromatic carbocycles. The highest BCUT2D eigenvalue weighted by Gasteiger charge is 2.17. The first-order valence-electron chi connectivity index (χ1n) is 9.00. The van der Waals surface area contributed by atoms with Crippen molar-refractivity contribution in [3.05, 3.63) is 82.4 Å². The van der Waals surface area contributed by atoms with Crippen LogP contribution in [-0.2, 0) is 13.2 Å². The fourth-order valence-corrected chi connectivity index (χ4v) is 3.86. The molecule has 0 bridgehead atoms. The molecule has 0 atom stereocenters. The number of hydrogen-bond donors (Lipinski definition) is 2. The van der Waals surface area contributed by atoms with Crippen LogP contribution in [0.5, 0.6) is 0 Å². The third kappa shape index (κ3) is 2.88. The Morgan fingerprint density at radius 1 is 1.04 bits per heavy atom. The summed E-state index contributed by atoms with van der Waals surface area (Å²) in [5, 5.41) is 11.4. The molecule has 0 saturated carbocycles. The Morgan fingerprint density at radius 2 is 1.85 bits per heavy atom. The van der Waals surface area contributed by atoms with Gasteiger partial charge in [-0.3, -0.25) is 4.79 Å². The maximum atomic E-state index is 12.0. The van der Waals surface area contributed by atoms with Crippen LogP contribution in [0.15, 0.2) is 54.6 Å². The predicted molar refractivity (Wildman–Crippen MR) is 109 cm³/mol. The average Bonchev–Trinajstić information content (AvgIpc) is 2.97. The zero-order valence-electron chi connectivity index (χ0n) is 15.5. The van der Waals surface area contributed by atoms with Crippen LogP contribution in [0.4, 0.5) is 0 Å². The van der Waals surface area contributed by atoms with Crippen LogP contribution >= 0.6 is 0 Å². The number of carbonyl (C=O) groups is 1. The van der Waals surface area contributed by atoms with Crippen LogP contribution in [0.25, 0.3) is 21.8 Å². The van der Waals surface area contributed by atoms with Gasteiger partial charge in [0, 0.05) is 28.4 Å². The van der Waals surface area contributed by atoms with Gasteiger partial charge in [-0.2, -0.15) is 0 Å².